The molecule has 1 fully saturated rings. The lowest BCUT2D eigenvalue weighted by atomic mass is 9.83. The minimum atomic E-state index is 0.421. The van der Waals surface area contributed by atoms with E-state index in [-0.39, 0.29) is 0 Å². The van der Waals surface area contributed by atoms with Gasteiger partial charge >= 0.3 is 0 Å². The van der Waals surface area contributed by atoms with E-state index in [9.17, 15) is 5.11 Å². The molecule has 1 spiro atoms. The second-order valence-electron chi connectivity index (χ2n) is 5.23. The average molecular weight is 234 g/mol. The fourth-order valence-corrected chi connectivity index (χ4v) is 4.77. The number of phenols is 1. The summed E-state index contributed by atoms with van der Waals surface area (Å²) in [5.74, 6) is 0.494. The molecule has 2 heteroatoms. The fraction of sp³-hybridized carbons (Fsp3) is 0.571. The SMILES string of the molecule is Cc1ccc(O)c2c1CC1(CCCCC1)S2. The molecule has 2 aliphatic rings. The Morgan fingerprint density at radius 1 is 1.19 bits per heavy atom. The van der Waals surface area contributed by atoms with E-state index in [1.807, 2.05) is 17.8 Å². The Bertz CT molecular complexity index is 386. The lowest BCUT2D eigenvalue weighted by Crippen LogP contribution is -2.26. The quantitative estimate of drug-likeness (QED) is 0.730. The highest BCUT2D eigenvalue weighted by atomic mass is 32.2. The first kappa shape index (κ1) is 10.5. The number of hydrogen-bond donors (Lipinski definition) is 1. The van der Waals surface area contributed by atoms with Crippen LogP contribution in [0, 0.1) is 6.92 Å². The van der Waals surface area contributed by atoms with Crippen LogP contribution >= 0.6 is 11.8 Å². The van der Waals surface area contributed by atoms with Crippen LogP contribution in [0.15, 0.2) is 17.0 Å². The monoisotopic (exact) mass is 234 g/mol. The Hall–Kier alpha value is -0.630. The average Bonchev–Trinajstić information content (AvgIpc) is 2.65. The van der Waals surface area contributed by atoms with Crippen LogP contribution in [0.2, 0.25) is 0 Å². The molecule has 86 valence electrons. The molecular formula is C14H18OS. The van der Waals surface area contributed by atoms with E-state index >= 15 is 0 Å². The zero-order valence-electron chi connectivity index (χ0n) is 9.75. The maximum absolute atomic E-state index is 9.95. The summed E-state index contributed by atoms with van der Waals surface area (Å²) in [5.41, 5.74) is 2.76. The molecule has 1 saturated carbocycles. The van der Waals surface area contributed by atoms with Crippen molar-refractivity contribution in [3.63, 3.8) is 0 Å². The number of aryl methyl sites for hydroxylation is 1. The van der Waals surface area contributed by atoms with Gasteiger partial charge in [-0.05, 0) is 43.4 Å². The van der Waals surface area contributed by atoms with Crippen molar-refractivity contribution < 1.29 is 5.11 Å². The zero-order chi connectivity index (χ0) is 11.2. The maximum atomic E-state index is 9.95. The van der Waals surface area contributed by atoms with Gasteiger partial charge in [0.2, 0.25) is 0 Å². The Morgan fingerprint density at radius 2 is 1.94 bits per heavy atom. The van der Waals surface area contributed by atoms with Crippen molar-refractivity contribution in [2.75, 3.05) is 0 Å². The third-order valence-electron chi connectivity index (χ3n) is 4.06. The van der Waals surface area contributed by atoms with Gasteiger partial charge in [0, 0.05) is 4.75 Å². The van der Waals surface area contributed by atoms with Gasteiger partial charge in [0.1, 0.15) is 5.75 Å². The van der Waals surface area contributed by atoms with E-state index < -0.39 is 0 Å². The minimum absolute atomic E-state index is 0.421. The Morgan fingerprint density at radius 3 is 2.62 bits per heavy atom. The molecule has 16 heavy (non-hydrogen) atoms. The number of phenolic OH excluding ortho intramolecular Hbond substituents is 1. The Balaban J connectivity index is 1.99. The molecule has 0 unspecified atom stereocenters. The highest BCUT2D eigenvalue weighted by Gasteiger charge is 2.40. The summed E-state index contributed by atoms with van der Waals surface area (Å²) in [5, 5.41) is 9.95. The largest absolute Gasteiger partial charge is 0.507 e. The molecule has 1 aromatic rings. The van der Waals surface area contributed by atoms with Crippen LogP contribution in [0.1, 0.15) is 43.2 Å². The van der Waals surface area contributed by atoms with Gasteiger partial charge < -0.3 is 5.11 Å². The summed E-state index contributed by atoms with van der Waals surface area (Å²) in [6, 6.07) is 3.90. The molecule has 0 bridgehead atoms. The van der Waals surface area contributed by atoms with Crippen LogP contribution in [0.25, 0.3) is 0 Å². The lowest BCUT2D eigenvalue weighted by molar-refractivity contribution is 0.400. The highest BCUT2D eigenvalue weighted by molar-refractivity contribution is 8.01. The van der Waals surface area contributed by atoms with Crippen LogP contribution in [0.4, 0.5) is 0 Å². The van der Waals surface area contributed by atoms with Gasteiger partial charge in [0.05, 0.1) is 4.90 Å². The molecule has 1 N–H and O–H groups in total. The van der Waals surface area contributed by atoms with E-state index in [0.717, 1.165) is 0 Å². The predicted molar refractivity (Wildman–Crippen MR) is 68.2 cm³/mol. The zero-order valence-corrected chi connectivity index (χ0v) is 10.6. The molecule has 0 amide bonds. The maximum Gasteiger partial charge on any atom is 0.129 e. The minimum Gasteiger partial charge on any atom is -0.507 e. The smallest absolute Gasteiger partial charge is 0.129 e. The summed E-state index contributed by atoms with van der Waals surface area (Å²) in [6.07, 6.45) is 7.94. The van der Waals surface area contributed by atoms with Gasteiger partial charge in [-0.25, -0.2) is 0 Å². The van der Waals surface area contributed by atoms with Crippen LogP contribution in [0.3, 0.4) is 0 Å². The fourth-order valence-electron chi connectivity index (χ4n) is 3.10. The molecule has 1 aromatic carbocycles. The van der Waals surface area contributed by atoms with Gasteiger partial charge in [-0.3, -0.25) is 0 Å². The second-order valence-corrected chi connectivity index (χ2v) is 6.71. The number of hydrogen-bond acceptors (Lipinski definition) is 2. The molecule has 1 nitrogen and oxygen atoms in total. The first-order chi connectivity index (χ1) is 7.70. The summed E-state index contributed by atoms with van der Waals surface area (Å²) in [6.45, 7) is 2.17. The molecule has 1 heterocycles. The van der Waals surface area contributed by atoms with Crippen LogP contribution in [0.5, 0.6) is 5.75 Å². The number of aromatic hydroxyl groups is 1. The number of fused-ring (bicyclic) bond motifs is 1. The van der Waals surface area contributed by atoms with Gasteiger partial charge in [-0.1, -0.05) is 25.3 Å². The number of thioether (sulfide) groups is 1. The summed E-state index contributed by atoms with van der Waals surface area (Å²) < 4.78 is 0.421. The molecule has 0 radical (unpaired) electrons. The van der Waals surface area contributed by atoms with E-state index in [1.54, 1.807) is 0 Å². The molecule has 0 atom stereocenters. The number of rotatable bonds is 0. The summed E-state index contributed by atoms with van der Waals surface area (Å²) in [7, 11) is 0. The third-order valence-corrected chi connectivity index (χ3v) is 5.70. The van der Waals surface area contributed by atoms with Gasteiger partial charge in [0.15, 0.2) is 0 Å². The van der Waals surface area contributed by atoms with Crippen molar-refractivity contribution >= 4 is 11.8 Å². The Kier molecular flexibility index (Phi) is 2.43. The molecular weight excluding hydrogens is 216 g/mol. The summed E-state index contributed by atoms with van der Waals surface area (Å²) in [4.78, 5) is 1.17. The van der Waals surface area contributed by atoms with Gasteiger partial charge in [-0.15, -0.1) is 11.8 Å². The van der Waals surface area contributed by atoms with Crippen molar-refractivity contribution in [1.82, 2.24) is 0 Å². The molecule has 3 rings (SSSR count). The highest BCUT2D eigenvalue weighted by Crippen LogP contribution is 2.55. The van der Waals surface area contributed by atoms with Crippen molar-refractivity contribution in [1.29, 1.82) is 0 Å². The van der Waals surface area contributed by atoms with Crippen LogP contribution in [-0.2, 0) is 6.42 Å². The molecule has 0 aromatic heterocycles. The normalized spacial score (nSPS) is 22.3. The third kappa shape index (κ3) is 1.55. The van der Waals surface area contributed by atoms with Crippen molar-refractivity contribution in [2.24, 2.45) is 0 Å². The molecule has 1 aliphatic heterocycles. The topological polar surface area (TPSA) is 20.2 Å². The lowest BCUT2D eigenvalue weighted by Gasteiger charge is -2.32. The molecule has 0 saturated heterocycles. The van der Waals surface area contributed by atoms with E-state index in [2.05, 4.69) is 13.0 Å². The van der Waals surface area contributed by atoms with Gasteiger partial charge in [0.25, 0.3) is 0 Å². The van der Waals surface area contributed by atoms with Gasteiger partial charge in [-0.2, -0.15) is 0 Å². The molecule has 1 aliphatic carbocycles. The first-order valence-corrected chi connectivity index (χ1v) is 7.02. The predicted octanol–water partition coefficient (Wildman–Crippen LogP) is 4.05. The standard InChI is InChI=1S/C14H18OS/c1-10-5-6-12(15)13-11(10)9-14(16-13)7-3-2-4-8-14/h5-6,15H,2-4,7-9H2,1H3. The number of benzene rings is 1. The first-order valence-electron chi connectivity index (χ1n) is 6.21. The van der Waals surface area contributed by atoms with E-state index in [0.29, 0.717) is 10.5 Å². The summed E-state index contributed by atoms with van der Waals surface area (Å²) >= 11 is 1.95. The van der Waals surface area contributed by atoms with Crippen molar-refractivity contribution in [2.45, 2.75) is 55.1 Å². The van der Waals surface area contributed by atoms with Crippen LogP contribution in [-0.4, -0.2) is 9.85 Å². The van der Waals surface area contributed by atoms with Crippen LogP contribution < -0.4 is 0 Å². The second kappa shape index (κ2) is 3.69. The van der Waals surface area contributed by atoms with E-state index in [1.165, 1.54) is 54.5 Å². The van der Waals surface area contributed by atoms with Crippen molar-refractivity contribution in [3.8, 4) is 5.75 Å². The van der Waals surface area contributed by atoms with Crippen molar-refractivity contribution in [3.05, 3.63) is 23.3 Å². The Labute approximate surface area is 101 Å². The van der Waals surface area contributed by atoms with E-state index in [4.69, 9.17) is 0 Å².